The van der Waals surface area contributed by atoms with Crippen molar-refractivity contribution >= 4 is 5.95 Å². The van der Waals surface area contributed by atoms with Crippen LogP contribution < -0.4 is 15.0 Å². The highest BCUT2D eigenvalue weighted by atomic mass is 16.5. The van der Waals surface area contributed by atoms with E-state index in [1.807, 2.05) is 11.9 Å². The van der Waals surface area contributed by atoms with E-state index in [1.54, 1.807) is 19.5 Å². The lowest BCUT2D eigenvalue weighted by Crippen LogP contribution is -2.44. The molecule has 0 amide bonds. The second-order valence-electron chi connectivity index (χ2n) is 4.00. The van der Waals surface area contributed by atoms with E-state index >= 15 is 0 Å². The standard InChI is InChI=1S/C11H18N4O2/c1-15(8-10-5-12-3-4-17-10)11-13-6-9(16-2)7-14-11/h6-7,10,12H,3-5,8H2,1-2H3. The minimum Gasteiger partial charge on any atom is -0.494 e. The Labute approximate surface area is 101 Å². The Hall–Kier alpha value is -1.40. The SMILES string of the molecule is COc1cnc(N(C)CC2CNCCO2)nc1. The maximum absolute atomic E-state index is 5.63. The fourth-order valence-corrected chi connectivity index (χ4v) is 1.74. The first kappa shape index (κ1) is 12.1. The van der Waals surface area contributed by atoms with Crippen molar-refractivity contribution in [2.75, 3.05) is 45.3 Å². The van der Waals surface area contributed by atoms with Crippen LogP contribution in [-0.2, 0) is 4.74 Å². The van der Waals surface area contributed by atoms with Crippen LogP contribution >= 0.6 is 0 Å². The predicted molar refractivity (Wildman–Crippen MR) is 64.5 cm³/mol. The third-order valence-electron chi connectivity index (χ3n) is 2.67. The van der Waals surface area contributed by atoms with Gasteiger partial charge in [-0.05, 0) is 0 Å². The molecule has 0 bridgehead atoms. The van der Waals surface area contributed by atoms with Crippen molar-refractivity contribution < 1.29 is 9.47 Å². The monoisotopic (exact) mass is 238 g/mol. The lowest BCUT2D eigenvalue weighted by Gasteiger charge is -2.27. The van der Waals surface area contributed by atoms with Gasteiger partial charge in [0.25, 0.3) is 0 Å². The lowest BCUT2D eigenvalue weighted by atomic mass is 10.3. The largest absolute Gasteiger partial charge is 0.494 e. The van der Waals surface area contributed by atoms with E-state index in [9.17, 15) is 0 Å². The maximum Gasteiger partial charge on any atom is 0.225 e. The number of hydrogen-bond donors (Lipinski definition) is 1. The Balaban J connectivity index is 1.91. The topological polar surface area (TPSA) is 59.5 Å². The Kier molecular flexibility index (Phi) is 4.11. The van der Waals surface area contributed by atoms with Gasteiger partial charge in [0.15, 0.2) is 5.75 Å². The van der Waals surface area contributed by atoms with Crippen LogP contribution in [0, 0.1) is 0 Å². The molecular formula is C11H18N4O2. The summed E-state index contributed by atoms with van der Waals surface area (Å²) in [4.78, 5) is 10.4. The van der Waals surface area contributed by atoms with E-state index < -0.39 is 0 Å². The quantitative estimate of drug-likeness (QED) is 0.791. The molecule has 1 atom stereocenters. The lowest BCUT2D eigenvalue weighted by molar-refractivity contribution is 0.0338. The van der Waals surface area contributed by atoms with Crippen molar-refractivity contribution in [2.24, 2.45) is 0 Å². The van der Waals surface area contributed by atoms with Gasteiger partial charge in [0, 0.05) is 26.7 Å². The summed E-state index contributed by atoms with van der Waals surface area (Å²) in [5.74, 6) is 1.35. The molecule has 1 fully saturated rings. The fourth-order valence-electron chi connectivity index (χ4n) is 1.74. The van der Waals surface area contributed by atoms with Crippen LogP contribution in [0.4, 0.5) is 5.95 Å². The first-order chi connectivity index (χ1) is 8.29. The molecule has 0 saturated carbocycles. The third-order valence-corrected chi connectivity index (χ3v) is 2.67. The molecule has 0 spiro atoms. The Bertz CT molecular complexity index is 338. The normalized spacial score (nSPS) is 20.0. The number of aromatic nitrogens is 2. The Morgan fingerprint density at radius 1 is 1.53 bits per heavy atom. The number of anilines is 1. The second-order valence-corrected chi connectivity index (χ2v) is 4.00. The molecule has 1 N–H and O–H groups in total. The molecule has 1 aromatic heterocycles. The van der Waals surface area contributed by atoms with E-state index in [-0.39, 0.29) is 6.10 Å². The van der Waals surface area contributed by atoms with Gasteiger partial charge in [-0.25, -0.2) is 9.97 Å². The van der Waals surface area contributed by atoms with Crippen LogP contribution in [0.3, 0.4) is 0 Å². The van der Waals surface area contributed by atoms with Gasteiger partial charge in [-0.1, -0.05) is 0 Å². The second kappa shape index (κ2) is 5.79. The molecule has 6 heteroatoms. The molecule has 0 aromatic carbocycles. The molecule has 0 radical (unpaired) electrons. The number of ether oxygens (including phenoxy) is 2. The summed E-state index contributed by atoms with van der Waals surface area (Å²) in [6, 6.07) is 0. The number of likely N-dealkylation sites (N-methyl/N-ethyl adjacent to an activating group) is 1. The van der Waals surface area contributed by atoms with Crippen molar-refractivity contribution in [2.45, 2.75) is 6.10 Å². The highest BCUT2D eigenvalue weighted by molar-refractivity contribution is 5.30. The van der Waals surface area contributed by atoms with Crippen LogP contribution in [0.1, 0.15) is 0 Å². The summed E-state index contributed by atoms with van der Waals surface area (Å²) in [6.45, 7) is 3.35. The van der Waals surface area contributed by atoms with Crippen LogP contribution in [0.25, 0.3) is 0 Å². The predicted octanol–water partition coefficient (Wildman–Crippen LogP) is -0.0902. The van der Waals surface area contributed by atoms with Gasteiger partial charge >= 0.3 is 0 Å². The zero-order valence-electron chi connectivity index (χ0n) is 10.2. The number of hydrogen-bond acceptors (Lipinski definition) is 6. The van der Waals surface area contributed by atoms with Gasteiger partial charge in [0.05, 0.1) is 32.2 Å². The van der Waals surface area contributed by atoms with Crippen LogP contribution in [-0.4, -0.2) is 56.5 Å². The third kappa shape index (κ3) is 3.28. The molecule has 6 nitrogen and oxygen atoms in total. The molecule has 2 rings (SSSR count). The van der Waals surface area contributed by atoms with Crippen molar-refractivity contribution in [1.82, 2.24) is 15.3 Å². The van der Waals surface area contributed by atoms with Gasteiger partial charge in [-0.3, -0.25) is 0 Å². The average Bonchev–Trinajstić information content (AvgIpc) is 2.40. The summed E-state index contributed by atoms with van der Waals surface area (Å²) < 4.78 is 10.7. The van der Waals surface area contributed by atoms with E-state index in [0.29, 0.717) is 11.7 Å². The van der Waals surface area contributed by atoms with E-state index in [2.05, 4.69) is 15.3 Å². The molecule has 2 heterocycles. The number of nitrogens with zero attached hydrogens (tertiary/aromatic N) is 3. The van der Waals surface area contributed by atoms with Crippen molar-refractivity contribution in [3.05, 3.63) is 12.4 Å². The zero-order valence-corrected chi connectivity index (χ0v) is 10.2. The van der Waals surface area contributed by atoms with Gasteiger partial charge in [0.1, 0.15) is 0 Å². The molecule has 0 aliphatic carbocycles. The van der Waals surface area contributed by atoms with Crippen LogP contribution in [0.15, 0.2) is 12.4 Å². The molecule has 17 heavy (non-hydrogen) atoms. The fraction of sp³-hybridized carbons (Fsp3) is 0.636. The first-order valence-electron chi connectivity index (χ1n) is 5.69. The van der Waals surface area contributed by atoms with Crippen LogP contribution in [0.5, 0.6) is 5.75 Å². The van der Waals surface area contributed by atoms with Gasteiger partial charge in [-0.2, -0.15) is 0 Å². The number of nitrogens with one attached hydrogen (secondary N) is 1. The molecular weight excluding hydrogens is 220 g/mol. The van der Waals surface area contributed by atoms with Gasteiger partial charge in [-0.15, -0.1) is 0 Å². The van der Waals surface area contributed by atoms with Crippen molar-refractivity contribution in [1.29, 1.82) is 0 Å². The molecule has 94 valence electrons. The highest BCUT2D eigenvalue weighted by Gasteiger charge is 2.16. The minimum absolute atomic E-state index is 0.194. The highest BCUT2D eigenvalue weighted by Crippen LogP contribution is 2.11. The Morgan fingerprint density at radius 3 is 2.88 bits per heavy atom. The summed E-state index contributed by atoms with van der Waals surface area (Å²) in [5.41, 5.74) is 0. The van der Waals surface area contributed by atoms with E-state index in [0.717, 1.165) is 26.2 Å². The van der Waals surface area contributed by atoms with E-state index in [4.69, 9.17) is 9.47 Å². The van der Waals surface area contributed by atoms with Crippen molar-refractivity contribution in [3.63, 3.8) is 0 Å². The summed E-state index contributed by atoms with van der Waals surface area (Å²) in [5, 5.41) is 3.30. The summed E-state index contributed by atoms with van der Waals surface area (Å²) in [7, 11) is 3.56. The van der Waals surface area contributed by atoms with Gasteiger partial charge in [0.2, 0.25) is 5.95 Å². The van der Waals surface area contributed by atoms with Gasteiger partial charge < -0.3 is 19.7 Å². The molecule has 1 aliphatic rings. The molecule has 1 unspecified atom stereocenters. The number of methoxy groups -OCH3 is 1. The van der Waals surface area contributed by atoms with Crippen molar-refractivity contribution in [3.8, 4) is 5.75 Å². The summed E-state index contributed by atoms with van der Waals surface area (Å²) >= 11 is 0. The summed E-state index contributed by atoms with van der Waals surface area (Å²) in [6.07, 6.45) is 3.52. The average molecular weight is 238 g/mol. The first-order valence-corrected chi connectivity index (χ1v) is 5.69. The Morgan fingerprint density at radius 2 is 2.29 bits per heavy atom. The minimum atomic E-state index is 0.194. The molecule has 1 aromatic rings. The van der Waals surface area contributed by atoms with E-state index in [1.165, 1.54) is 0 Å². The molecule has 1 aliphatic heterocycles. The number of rotatable bonds is 4. The molecule has 1 saturated heterocycles. The smallest absolute Gasteiger partial charge is 0.225 e. The zero-order chi connectivity index (χ0) is 12.1. The van der Waals surface area contributed by atoms with Crippen LogP contribution in [0.2, 0.25) is 0 Å². The maximum atomic E-state index is 5.63. The number of morpholine rings is 1.